The van der Waals surface area contributed by atoms with Crippen molar-refractivity contribution in [2.45, 2.75) is 52.7 Å². The Balaban J connectivity index is 3.97. The second-order valence-electron chi connectivity index (χ2n) is 7.25. The fourth-order valence-electron chi connectivity index (χ4n) is 3.12. The molecule has 0 aliphatic heterocycles. The lowest BCUT2D eigenvalue weighted by Gasteiger charge is -2.41. The normalized spacial score (nSPS) is 13.1. The van der Waals surface area contributed by atoms with Crippen molar-refractivity contribution in [3.63, 3.8) is 0 Å². The number of likely N-dealkylation sites (N-methyl/N-ethyl adjacent to an activating group) is 1. The highest BCUT2D eigenvalue weighted by atomic mass is 16.6. The van der Waals surface area contributed by atoms with Crippen LogP contribution in [0.5, 0.6) is 11.5 Å². The van der Waals surface area contributed by atoms with Crippen molar-refractivity contribution in [3.8, 4) is 11.5 Å². The van der Waals surface area contributed by atoms with Gasteiger partial charge in [0.1, 0.15) is 17.1 Å². The van der Waals surface area contributed by atoms with E-state index < -0.39 is 29.0 Å². The lowest BCUT2D eigenvalue weighted by Crippen LogP contribution is -2.60. The summed E-state index contributed by atoms with van der Waals surface area (Å²) in [6.07, 6.45) is -0.837. The van der Waals surface area contributed by atoms with E-state index in [-0.39, 0.29) is 30.2 Å². The predicted octanol–water partition coefficient (Wildman–Crippen LogP) is 3.31. The molecule has 0 aliphatic carbocycles. The molecule has 8 nitrogen and oxygen atoms in total. The van der Waals surface area contributed by atoms with Gasteiger partial charge in [-0.3, -0.25) is 9.69 Å². The van der Waals surface area contributed by atoms with Gasteiger partial charge in [0, 0.05) is 6.54 Å². The summed E-state index contributed by atoms with van der Waals surface area (Å²) in [6.45, 7) is 9.57. The number of benzene rings is 1. The largest absolute Gasteiger partial charge is 0.496 e. The van der Waals surface area contributed by atoms with Crippen molar-refractivity contribution in [2.75, 3.05) is 27.4 Å². The topological polar surface area (TPSA) is 91.4 Å². The first kappa shape index (κ1) is 24.3. The molecule has 1 atom stereocenters. The summed E-state index contributed by atoms with van der Waals surface area (Å²) in [5, 5.41) is 0. The monoisotopic (exact) mass is 409 g/mol. The molecule has 0 saturated heterocycles. The molecule has 0 spiro atoms. The van der Waals surface area contributed by atoms with Crippen molar-refractivity contribution in [1.82, 2.24) is 4.90 Å². The smallest absolute Gasteiger partial charge is 0.411 e. The Morgan fingerprint density at radius 1 is 1.00 bits per heavy atom. The molecule has 0 bridgehead atoms. The van der Waals surface area contributed by atoms with Crippen LogP contribution in [0.3, 0.4) is 0 Å². The molecule has 1 amide bonds. The zero-order valence-corrected chi connectivity index (χ0v) is 18.5. The number of esters is 1. The van der Waals surface area contributed by atoms with Gasteiger partial charge in [-0.25, -0.2) is 9.59 Å². The van der Waals surface area contributed by atoms with E-state index in [2.05, 4.69) is 0 Å². The van der Waals surface area contributed by atoms with Gasteiger partial charge in [-0.1, -0.05) is 6.07 Å². The SMILES string of the molecule is CCOC(=O)C(C(C)=O)(c1c(OC)cccc1OC)N(CC)C(=O)OC(C)(C)C. The fraction of sp³-hybridized carbons (Fsp3) is 0.571. The predicted molar refractivity (Wildman–Crippen MR) is 107 cm³/mol. The molecule has 0 aliphatic rings. The van der Waals surface area contributed by atoms with Crippen molar-refractivity contribution in [2.24, 2.45) is 0 Å². The molecule has 1 rings (SSSR count). The van der Waals surface area contributed by atoms with Gasteiger partial charge < -0.3 is 18.9 Å². The van der Waals surface area contributed by atoms with Gasteiger partial charge in [-0.2, -0.15) is 0 Å². The maximum Gasteiger partial charge on any atom is 0.411 e. The van der Waals surface area contributed by atoms with E-state index in [9.17, 15) is 14.4 Å². The molecule has 0 heterocycles. The Kier molecular flexibility index (Phi) is 8.05. The Bertz CT molecular complexity index is 732. The van der Waals surface area contributed by atoms with Crippen LogP contribution in [0.2, 0.25) is 0 Å². The molecule has 162 valence electrons. The number of amides is 1. The highest BCUT2D eigenvalue weighted by Crippen LogP contribution is 2.43. The van der Waals surface area contributed by atoms with E-state index in [0.29, 0.717) is 0 Å². The van der Waals surface area contributed by atoms with Gasteiger partial charge in [0.15, 0.2) is 5.78 Å². The Morgan fingerprint density at radius 3 is 1.86 bits per heavy atom. The summed E-state index contributed by atoms with van der Waals surface area (Å²) in [5.41, 5.74) is -2.90. The number of carbonyl (C=O) groups is 3. The summed E-state index contributed by atoms with van der Waals surface area (Å²) in [4.78, 5) is 40.6. The van der Waals surface area contributed by atoms with Crippen LogP contribution >= 0.6 is 0 Å². The quantitative estimate of drug-likeness (QED) is 0.480. The molecule has 0 fully saturated rings. The van der Waals surface area contributed by atoms with Crippen LogP contribution in [0.15, 0.2) is 18.2 Å². The number of ketones is 1. The van der Waals surface area contributed by atoms with Gasteiger partial charge in [0.05, 0.1) is 26.4 Å². The van der Waals surface area contributed by atoms with Crippen LogP contribution in [-0.4, -0.2) is 55.7 Å². The van der Waals surface area contributed by atoms with Crippen molar-refractivity contribution in [1.29, 1.82) is 0 Å². The zero-order valence-electron chi connectivity index (χ0n) is 18.5. The minimum Gasteiger partial charge on any atom is -0.496 e. The van der Waals surface area contributed by atoms with E-state index in [1.165, 1.54) is 21.1 Å². The Morgan fingerprint density at radius 2 is 1.52 bits per heavy atom. The summed E-state index contributed by atoms with van der Waals surface area (Å²) in [5.74, 6) is -1.14. The van der Waals surface area contributed by atoms with Crippen LogP contribution < -0.4 is 9.47 Å². The number of rotatable bonds is 8. The first-order valence-electron chi connectivity index (χ1n) is 9.41. The van der Waals surface area contributed by atoms with Gasteiger partial charge >= 0.3 is 12.1 Å². The molecule has 0 saturated carbocycles. The molecule has 29 heavy (non-hydrogen) atoms. The van der Waals surface area contributed by atoms with Crippen molar-refractivity contribution in [3.05, 3.63) is 23.8 Å². The molecule has 8 heteroatoms. The highest BCUT2D eigenvalue weighted by molar-refractivity contribution is 6.11. The van der Waals surface area contributed by atoms with Crippen LogP contribution in [0, 0.1) is 0 Å². The molecule has 0 N–H and O–H groups in total. The molecule has 1 unspecified atom stereocenters. The van der Waals surface area contributed by atoms with E-state index in [0.717, 1.165) is 4.90 Å². The standard InChI is InChI=1S/C21H31NO7/c1-9-22(19(25)29-20(4,5)6)21(14(3)23,18(24)28-10-2)17-15(26-7)12-11-13-16(17)27-8/h11-13H,9-10H2,1-8H3. The van der Waals surface area contributed by atoms with Crippen LogP contribution in [-0.2, 0) is 24.6 Å². The Labute approximate surface area is 172 Å². The lowest BCUT2D eigenvalue weighted by atomic mass is 9.82. The summed E-state index contributed by atoms with van der Waals surface area (Å²) < 4.78 is 21.6. The second kappa shape index (κ2) is 9.62. The van der Waals surface area contributed by atoms with Crippen molar-refractivity contribution >= 4 is 17.8 Å². The number of hydrogen-bond acceptors (Lipinski definition) is 7. The number of methoxy groups -OCH3 is 2. The maximum atomic E-state index is 13.3. The number of ether oxygens (including phenoxy) is 4. The highest BCUT2D eigenvalue weighted by Gasteiger charge is 2.57. The first-order chi connectivity index (χ1) is 13.5. The lowest BCUT2D eigenvalue weighted by molar-refractivity contribution is -0.163. The van der Waals surface area contributed by atoms with E-state index in [4.69, 9.17) is 18.9 Å². The summed E-state index contributed by atoms with van der Waals surface area (Å²) in [6, 6.07) is 4.82. The summed E-state index contributed by atoms with van der Waals surface area (Å²) >= 11 is 0. The number of Topliss-reactive ketones (excluding diaryl/α,β-unsaturated/α-hetero) is 1. The molecule has 1 aromatic rings. The van der Waals surface area contributed by atoms with Gasteiger partial charge in [-0.15, -0.1) is 0 Å². The van der Waals surface area contributed by atoms with E-state index in [1.54, 1.807) is 52.8 Å². The van der Waals surface area contributed by atoms with Gasteiger partial charge in [0.2, 0.25) is 5.54 Å². The summed E-state index contributed by atoms with van der Waals surface area (Å²) in [7, 11) is 2.80. The van der Waals surface area contributed by atoms with Crippen LogP contribution in [0.4, 0.5) is 4.79 Å². The number of hydrogen-bond donors (Lipinski definition) is 0. The average molecular weight is 409 g/mol. The maximum absolute atomic E-state index is 13.3. The molecule has 1 aromatic carbocycles. The van der Waals surface area contributed by atoms with Gasteiger partial charge in [-0.05, 0) is 53.7 Å². The Hall–Kier alpha value is -2.77. The second-order valence-corrected chi connectivity index (χ2v) is 7.25. The van der Waals surface area contributed by atoms with Crippen LogP contribution in [0.25, 0.3) is 0 Å². The third-order valence-electron chi connectivity index (χ3n) is 4.20. The van der Waals surface area contributed by atoms with E-state index >= 15 is 0 Å². The molecule has 0 radical (unpaired) electrons. The third-order valence-corrected chi connectivity index (χ3v) is 4.20. The minimum absolute atomic E-state index is 0.00545. The van der Waals surface area contributed by atoms with Crippen molar-refractivity contribution < 1.29 is 33.3 Å². The molecular formula is C21H31NO7. The average Bonchev–Trinajstić information content (AvgIpc) is 2.63. The molecule has 0 aromatic heterocycles. The van der Waals surface area contributed by atoms with E-state index in [1.807, 2.05) is 0 Å². The number of carbonyl (C=O) groups excluding carboxylic acids is 3. The third kappa shape index (κ3) is 4.81. The van der Waals surface area contributed by atoms with Gasteiger partial charge in [0.25, 0.3) is 0 Å². The minimum atomic E-state index is -2.15. The number of nitrogens with zero attached hydrogens (tertiary/aromatic N) is 1. The fourth-order valence-corrected chi connectivity index (χ4v) is 3.12. The first-order valence-corrected chi connectivity index (χ1v) is 9.41. The zero-order chi connectivity index (χ0) is 22.4. The molecular weight excluding hydrogens is 378 g/mol. The van der Waals surface area contributed by atoms with Crippen LogP contribution in [0.1, 0.15) is 47.1 Å².